The van der Waals surface area contributed by atoms with Crippen molar-refractivity contribution in [3.8, 4) is 11.3 Å². The maximum Gasteiger partial charge on any atom is 0.255 e. The van der Waals surface area contributed by atoms with Crippen LogP contribution < -0.4 is 16.0 Å². The molecule has 12 heteroatoms. The van der Waals surface area contributed by atoms with Crippen molar-refractivity contribution in [2.24, 2.45) is 0 Å². The average Bonchev–Trinajstić information content (AvgIpc) is 3.57. The van der Waals surface area contributed by atoms with Crippen molar-refractivity contribution in [1.29, 1.82) is 0 Å². The third kappa shape index (κ3) is 7.53. The summed E-state index contributed by atoms with van der Waals surface area (Å²) in [6, 6.07) is 25.5. The van der Waals surface area contributed by atoms with Gasteiger partial charge in [0.2, 0.25) is 5.95 Å². The predicted molar refractivity (Wildman–Crippen MR) is 199 cm³/mol. The highest BCUT2D eigenvalue weighted by Gasteiger charge is 2.34. The topological polar surface area (TPSA) is 156 Å². The zero-order valence-electron chi connectivity index (χ0n) is 29.0. The first-order valence-corrected chi connectivity index (χ1v) is 17.3. The van der Waals surface area contributed by atoms with Gasteiger partial charge in [0.15, 0.2) is 6.10 Å². The molecule has 1 aliphatic heterocycles. The number of anilines is 3. The van der Waals surface area contributed by atoms with E-state index in [4.69, 9.17) is 9.72 Å². The van der Waals surface area contributed by atoms with Crippen molar-refractivity contribution in [2.75, 3.05) is 30.9 Å². The summed E-state index contributed by atoms with van der Waals surface area (Å²) in [5.41, 5.74) is 6.48. The summed E-state index contributed by atoms with van der Waals surface area (Å²) >= 11 is 0. The van der Waals surface area contributed by atoms with E-state index in [0.29, 0.717) is 48.0 Å². The number of amides is 2. The van der Waals surface area contributed by atoms with Crippen molar-refractivity contribution < 1.29 is 19.4 Å². The van der Waals surface area contributed by atoms with Gasteiger partial charge in [-0.3, -0.25) is 14.6 Å². The van der Waals surface area contributed by atoms with Crippen LogP contribution in [-0.2, 0) is 16.0 Å². The SMILES string of the molecule is CNC(=O)c1ccc2c(c1)nc(C1CCOCC1)n2C(Cc1ccccc1)C(O)C(=O)Nc1ccc(C)c(Nc2nccc(-c3cccnc3)n2)c1. The van der Waals surface area contributed by atoms with E-state index in [1.165, 1.54) is 0 Å². The third-order valence-corrected chi connectivity index (χ3v) is 9.41. The molecule has 0 spiro atoms. The highest BCUT2D eigenvalue weighted by atomic mass is 16.5. The molecule has 0 saturated carbocycles. The van der Waals surface area contributed by atoms with Crippen LogP contribution in [0.1, 0.15) is 52.1 Å². The van der Waals surface area contributed by atoms with Gasteiger partial charge in [0.05, 0.1) is 22.8 Å². The molecule has 4 heterocycles. The molecule has 2 atom stereocenters. The van der Waals surface area contributed by atoms with Gasteiger partial charge in [0, 0.05) is 67.3 Å². The number of benzene rings is 3. The first-order valence-electron chi connectivity index (χ1n) is 17.3. The van der Waals surface area contributed by atoms with E-state index >= 15 is 0 Å². The minimum absolute atomic E-state index is 0.0442. The molecule has 0 aliphatic carbocycles. The second-order valence-corrected chi connectivity index (χ2v) is 12.9. The normalized spacial score (nSPS) is 14.4. The molecule has 1 saturated heterocycles. The molecule has 0 bridgehead atoms. The number of hydrogen-bond donors (Lipinski definition) is 4. The van der Waals surface area contributed by atoms with Crippen LogP contribution in [0.3, 0.4) is 0 Å². The van der Waals surface area contributed by atoms with Gasteiger partial charge in [0.25, 0.3) is 11.8 Å². The number of aromatic nitrogens is 5. The van der Waals surface area contributed by atoms with Crippen LogP contribution >= 0.6 is 0 Å². The molecule has 6 aromatic rings. The van der Waals surface area contributed by atoms with Crippen molar-refractivity contribution in [1.82, 2.24) is 29.8 Å². The summed E-state index contributed by atoms with van der Waals surface area (Å²) in [5, 5.41) is 20.9. The molecule has 0 radical (unpaired) electrons. The summed E-state index contributed by atoms with van der Waals surface area (Å²) in [7, 11) is 1.59. The number of imidazole rings is 1. The van der Waals surface area contributed by atoms with Crippen LogP contribution in [0, 0.1) is 6.92 Å². The number of aliphatic hydroxyl groups excluding tert-OH is 1. The Hall–Kier alpha value is -5.98. The van der Waals surface area contributed by atoms with Crippen molar-refractivity contribution in [3.05, 3.63) is 126 Å². The summed E-state index contributed by atoms with van der Waals surface area (Å²) in [5.74, 6) is 0.415. The molecule has 7 rings (SSSR count). The Labute approximate surface area is 301 Å². The number of carbonyl (C=O) groups is 2. The molecule has 3 aromatic carbocycles. The number of hydrogen-bond acceptors (Lipinski definition) is 9. The number of aliphatic hydroxyl groups is 1. The summed E-state index contributed by atoms with van der Waals surface area (Å²) < 4.78 is 7.68. The fourth-order valence-corrected chi connectivity index (χ4v) is 6.63. The molecular weight excluding hydrogens is 656 g/mol. The van der Waals surface area contributed by atoms with Crippen LogP contribution in [-0.4, -0.2) is 67.8 Å². The Kier molecular flexibility index (Phi) is 10.3. The molecule has 3 aromatic heterocycles. The number of aryl methyl sites for hydroxylation is 1. The van der Waals surface area contributed by atoms with E-state index in [1.807, 2.05) is 72.2 Å². The number of nitrogens with zero attached hydrogens (tertiary/aromatic N) is 5. The monoisotopic (exact) mass is 696 g/mol. The van der Waals surface area contributed by atoms with Crippen LogP contribution in [0.25, 0.3) is 22.3 Å². The van der Waals surface area contributed by atoms with Gasteiger partial charge < -0.3 is 30.4 Å². The maximum absolute atomic E-state index is 14.1. The Morgan fingerprint density at radius 3 is 2.56 bits per heavy atom. The van der Waals surface area contributed by atoms with Gasteiger partial charge in [-0.1, -0.05) is 36.4 Å². The standard InChI is InChI=1S/C40H40N8O4/c1-25-10-12-30(23-32(25)47-40-43-18-14-31(46-40)29-9-6-17-42-24-29)44-39(51)36(49)35(21-26-7-4-3-5-8-26)48-34-13-11-28(38(50)41-2)22-33(34)45-37(48)27-15-19-52-20-16-27/h3-14,17-18,22-24,27,35-36,49H,15-16,19-21H2,1-2H3,(H,41,50)(H,44,51)(H,43,46,47). The fraction of sp³-hybridized carbons (Fsp3) is 0.250. The molecule has 4 N–H and O–H groups in total. The molecule has 52 heavy (non-hydrogen) atoms. The summed E-state index contributed by atoms with van der Waals surface area (Å²) in [6.45, 7) is 3.12. The number of rotatable bonds is 11. The minimum atomic E-state index is -1.47. The third-order valence-electron chi connectivity index (χ3n) is 9.41. The molecular formula is C40H40N8O4. The Bertz CT molecular complexity index is 2190. The van der Waals surface area contributed by atoms with Crippen LogP contribution in [0.5, 0.6) is 0 Å². The summed E-state index contributed by atoms with van der Waals surface area (Å²) in [4.78, 5) is 44.9. The Morgan fingerprint density at radius 2 is 1.79 bits per heavy atom. The minimum Gasteiger partial charge on any atom is -0.381 e. The van der Waals surface area contributed by atoms with Gasteiger partial charge in [-0.15, -0.1) is 0 Å². The lowest BCUT2D eigenvalue weighted by atomic mass is 9.96. The van der Waals surface area contributed by atoms with E-state index in [-0.39, 0.29) is 11.8 Å². The Morgan fingerprint density at radius 1 is 0.962 bits per heavy atom. The number of carbonyl (C=O) groups excluding carboxylic acids is 2. The van der Waals surface area contributed by atoms with Gasteiger partial charge >= 0.3 is 0 Å². The van der Waals surface area contributed by atoms with E-state index < -0.39 is 18.1 Å². The van der Waals surface area contributed by atoms with Crippen molar-refractivity contribution >= 4 is 40.2 Å². The van der Waals surface area contributed by atoms with E-state index in [9.17, 15) is 14.7 Å². The first-order chi connectivity index (χ1) is 25.4. The van der Waals surface area contributed by atoms with Crippen molar-refractivity contribution in [3.63, 3.8) is 0 Å². The first kappa shape index (κ1) is 34.5. The van der Waals surface area contributed by atoms with Gasteiger partial charge in [-0.05, 0) is 85.8 Å². The number of nitrogens with one attached hydrogen (secondary N) is 3. The highest BCUT2D eigenvalue weighted by Crippen LogP contribution is 2.35. The molecule has 12 nitrogen and oxygen atoms in total. The average molecular weight is 697 g/mol. The lowest BCUT2D eigenvalue weighted by Crippen LogP contribution is -2.38. The van der Waals surface area contributed by atoms with E-state index in [2.05, 4.69) is 30.9 Å². The van der Waals surface area contributed by atoms with Gasteiger partial charge in [-0.25, -0.2) is 15.0 Å². The van der Waals surface area contributed by atoms with Crippen LogP contribution in [0.15, 0.2) is 104 Å². The predicted octanol–water partition coefficient (Wildman–Crippen LogP) is 5.98. The quantitative estimate of drug-likeness (QED) is 0.128. The van der Waals surface area contributed by atoms with Gasteiger partial charge in [-0.2, -0.15) is 0 Å². The van der Waals surface area contributed by atoms with Crippen LogP contribution in [0.2, 0.25) is 0 Å². The second-order valence-electron chi connectivity index (χ2n) is 12.9. The fourth-order valence-electron chi connectivity index (χ4n) is 6.63. The molecule has 2 amide bonds. The number of pyridine rings is 1. The van der Waals surface area contributed by atoms with E-state index in [1.54, 1.807) is 49.9 Å². The second kappa shape index (κ2) is 15.5. The zero-order valence-corrected chi connectivity index (χ0v) is 29.0. The lowest BCUT2D eigenvalue weighted by molar-refractivity contribution is -0.126. The highest BCUT2D eigenvalue weighted by molar-refractivity contribution is 5.98. The van der Waals surface area contributed by atoms with Gasteiger partial charge in [0.1, 0.15) is 5.82 Å². The smallest absolute Gasteiger partial charge is 0.255 e. The number of fused-ring (bicyclic) bond motifs is 1. The molecule has 2 unspecified atom stereocenters. The lowest BCUT2D eigenvalue weighted by Gasteiger charge is -2.30. The van der Waals surface area contributed by atoms with E-state index in [0.717, 1.165) is 46.6 Å². The maximum atomic E-state index is 14.1. The summed E-state index contributed by atoms with van der Waals surface area (Å²) in [6.07, 6.45) is 5.52. The molecule has 1 fully saturated rings. The largest absolute Gasteiger partial charge is 0.381 e. The van der Waals surface area contributed by atoms with Crippen molar-refractivity contribution in [2.45, 2.75) is 44.2 Å². The number of ether oxygens (including phenoxy) is 1. The van der Waals surface area contributed by atoms with Crippen LogP contribution in [0.4, 0.5) is 17.3 Å². The molecule has 1 aliphatic rings. The molecule has 264 valence electrons. The zero-order chi connectivity index (χ0) is 36.0. The Balaban J connectivity index is 1.21.